The Morgan fingerprint density at radius 2 is 1.75 bits per heavy atom. The van der Waals surface area contributed by atoms with Crippen LogP contribution in [0.4, 0.5) is 17.6 Å². The number of sulfonamides is 1. The number of hydrogen-bond donors (Lipinski definition) is 2. The van der Waals surface area contributed by atoms with Gasteiger partial charge in [0.1, 0.15) is 5.82 Å². The van der Waals surface area contributed by atoms with Crippen molar-refractivity contribution in [3.63, 3.8) is 0 Å². The maximum atomic E-state index is 13.2. The predicted molar refractivity (Wildman–Crippen MR) is 94.6 cm³/mol. The van der Waals surface area contributed by atoms with E-state index in [9.17, 15) is 30.8 Å². The molecule has 1 unspecified atom stereocenters. The Morgan fingerprint density at radius 3 is 2.32 bits per heavy atom. The van der Waals surface area contributed by atoms with Crippen LogP contribution in [0.25, 0.3) is 0 Å². The summed E-state index contributed by atoms with van der Waals surface area (Å²) in [4.78, 5) is 11.7. The van der Waals surface area contributed by atoms with Crippen LogP contribution >= 0.6 is 11.6 Å². The molecular formula is C17H15ClF4N2O3S. The van der Waals surface area contributed by atoms with Gasteiger partial charge in [-0.2, -0.15) is 13.2 Å². The first-order valence-corrected chi connectivity index (χ1v) is 9.72. The lowest BCUT2D eigenvalue weighted by atomic mass is 10.1. The van der Waals surface area contributed by atoms with E-state index in [1.54, 1.807) is 5.32 Å². The van der Waals surface area contributed by atoms with Crippen molar-refractivity contribution in [1.29, 1.82) is 0 Å². The molecule has 0 aliphatic heterocycles. The molecule has 0 aliphatic rings. The third-order valence-corrected chi connectivity index (χ3v) is 5.28. The van der Waals surface area contributed by atoms with Gasteiger partial charge in [-0.15, -0.1) is 0 Å². The zero-order valence-corrected chi connectivity index (χ0v) is 15.7. The Morgan fingerprint density at radius 1 is 1.11 bits per heavy atom. The van der Waals surface area contributed by atoms with Gasteiger partial charge in [0.05, 0.1) is 4.90 Å². The number of benzene rings is 2. The summed E-state index contributed by atoms with van der Waals surface area (Å²) in [7, 11) is -3.97. The van der Waals surface area contributed by atoms with E-state index in [0.717, 1.165) is 24.3 Å². The van der Waals surface area contributed by atoms with Gasteiger partial charge in [0, 0.05) is 18.0 Å². The minimum absolute atomic E-state index is 0.139. The van der Waals surface area contributed by atoms with Crippen molar-refractivity contribution in [2.24, 2.45) is 0 Å². The van der Waals surface area contributed by atoms with Crippen molar-refractivity contribution in [3.05, 3.63) is 64.9 Å². The van der Waals surface area contributed by atoms with Crippen LogP contribution in [-0.2, 0) is 14.8 Å². The predicted octanol–water partition coefficient (Wildman–Crippen LogP) is 3.57. The summed E-state index contributed by atoms with van der Waals surface area (Å²) in [5, 5.41) is 1.97. The van der Waals surface area contributed by atoms with E-state index < -0.39 is 46.9 Å². The van der Waals surface area contributed by atoms with Crippen LogP contribution in [0, 0.1) is 5.82 Å². The van der Waals surface area contributed by atoms with Crippen LogP contribution in [0.5, 0.6) is 0 Å². The van der Waals surface area contributed by atoms with Gasteiger partial charge in [-0.3, -0.25) is 4.79 Å². The number of carbonyl (C=O) groups is 1. The minimum atomic E-state index is -4.81. The Hall–Kier alpha value is -2.17. The zero-order chi connectivity index (χ0) is 20.9. The molecule has 0 saturated heterocycles. The van der Waals surface area contributed by atoms with Crippen molar-refractivity contribution in [1.82, 2.24) is 10.0 Å². The van der Waals surface area contributed by atoms with Crippen LogP contribution in [0.15, 0.2) is 53.4 Å². The molecule has 0 fully saturated rings. The molecule has 1 atom stereocenters. The average molecular weight is 439 g/mol. The summed E-state index contributed by atoms with van der Waals surface area (Å²) in [5.41, 5.74) is -0.346. The molecule has 2 aromatic carbocycles. The van der Waals surface area contributed by atoms with Gasteiger partial charge < -0.3 is 5.32 Å². The monoisotopic (exact) mass is 438 g/mol. The van der Waals surface area contributed by atoms with E-state index in [4.69, 9.17) is 11.6 Å². The van der Waals surface area contributed by atoms with E-state index in [1.165, 1.54) is 24.3 Å². The molecule has 1 amide bonds. The molecule has 0 saturated carbocycles. The van der Waals surface area contributed by atoms with Gasteiger partial charge in [0.25, 0.3) is 0 Å². The van der Waals surface area contributed by atoms with Crippen LogP contribution in [0.1, 0.15) is 18.0 Å². The first-order chi connectivity index (χ1) is 13.0. The van der Waals surface area contributed by atoms with Crippen LogP contribution in [0.2, 0.25) is 5.02 Å². The molecule has 0 aromatic heterocycles. The van der Waals surface area contributed by atoms with Crippen LogP contribution in [0.3, 0.4) is 0 Å². The van der Waals surface area contributed by atoms with E-state index in [0.29, 0.717) is 0 Å². The highest BCUT2D eigenvalue weighted by molar-refractivity contribution is 7.89. The van der Waals surface area contributed by atoms with Crippen molar-refractivity contribution in [2.75, 3.05) is 6.54 Å². The Kier molecular flexibility index (Phi) is 7.02. The third kappa shape index (κ3) is 6.18. The first-order valence-electron chi connectivity index (χ1n) is 7.86. The second kappa shape index (κ2) is 8.89. The molecule has 2 rings (SSSR count). The zero-order valence-electron chi connectivity index (χ0n) is 14.1. The molecule has 0 spiro atoms. The van der Waals surface area contributed by atoms with E-state index >= 15 is 0 Å². The van der Waals surface area contributed by atoms with Crippen molar-refractivity contribution in [2.45, 2.75) is 23.5 Å². The summed E-state index contributed by atoms with van der Waals surface area (Å²) in [5.74, 6) is -1.74. The molecule has 0 heterocycles. The topological polar surface area (TPSA) is 75.3 Å². The number of nitrogens with one attached hydrogen (secondary N) is 2. The average Bonchev–Trinajstić information content (AvgIpc) is 2.59. The molecule has 152 valence electrons. The normalized spacial score (nSPS) is 13.2. The lowest BCUT2D eigenvalue weighted by Gasteiger charge is -2.22. The molecule has 0 bridgehead atoms. The Labute approximate surface area is 163 Å². The highest BCUT2D eigenvalue weighted by atomic mass is 35.5. The highest BCUT2D eigenvalue weighted by Gasteiger charge is 2.41. The van der Waals surface area contributed by atoms with Gasteiger partial charge in [-0.1, -0.05) is 29.8 Å². The lowest BCUT2D eigenvalue weighted by Crippen LogP contribution is -2.39. The fraction of sp³-hybridized carbons (Fsp3) is 0.235. The van der Waals surface area contributed by atoms with E-state index in [2.05, 4.69) is 4.72 Å². The maximum Gasteiger partial charge on any atom is 0.412 e. The van der Waals surface area contributed by atoms with Crippen molar-refractivity contribution in [3.8, 4) is 0 Å². The smallest absolute Gasteiger partial charge is 0.341 e. The van der Waals surface area contributed by atoms with Crippen molar-refractivity contribution >= 4 is 27.5 Å². The van der Waals surface area contributed by atoms with E-state index in [1.807, 2.05) is 0 Å². The number of amides is 1. The number of hydrogen-bond acceptors (Lipinski definition) is 3. The molecule has 5 nitrogen and oxygen atoms in total. The summed E-state index contributed by atoms with van der Waals surface area (Å²) < 4.78 is 78.8. The molecule has 2 N–H and O–H groups in total. The van der Waals surface area contributed by atoms with Crippen LogP contribution < -0.4 is 10.0 Å². The van der Waals surface area contributed by atoms with Gasteiger partial charge in [-0.05, 0) is 35.9 Å². The molecule has 0 aliphatic carbocycles. The first kappa shape index (κ1) is 22.1. The SMILES string of the molecule is O=C(CCNS(=O)(=O)c1cccc(Cl)c1)NC(c1ccc(F)cc1)C(F)(F)F. The van der Waals surface area contributed by atoms with E-state index in [-0.39, 0.29) is 15.5 Å². The fourth-order valence-electron chi connectivity index (χ4n) is 2.26. The van der Waals surface area contributed by atoms with Gasteiger partial charge in [-0.25, -0.2) is 17.5 Å². The summed E-state index contributed by atoms with van der Waals surface area (Å²) in [6.45, 7) is -0.422. The summed E-state index contributed by atoms with van der Waals surface area (Å²) in [6, 6.07) is 6.54. The molecule has 2 aromatic rings. The summed E-state index contributed by atoms with van der Waals surface area (Å²) in [6.07, 6.45) is -5.35. The molecule has 11 heteroatoms. The van der Waals surface area contributed by atoms with Crippen molar-refractivity contribution < 1.29 is 30.8 Å². The second-order valence-corrected chi connectivity index (χ2v) is 7.90. The highest BCUT2D eigenvalue weighted by Crippen LogP contribution is 2.32. The van der Waals surface area contributed by atoms with Gasteiger partial charge >= 0.3 is 6.18 Å². The third-order valence-electron chi connectivity index (χ3n) is 3.59. The number of rotatable bonds is 7. The quantitative estimate of drug-likeness (QED) is 0.649. The van der Waals surface area contributed by atoms with Crippen LogP contribution in [-0.4, -0.2) is 27.0 Å². The standard InChI is InChI=1S/C17H15ClF4N2O3S/c18-12-2-1-3-14(10-12)28(26,27)23-9-8-15(25)24-16(17(20,21)22)11-4-6-13(19)7-5-11/h1-7,10,16,23H,8-9H2,(H,24,25). The number of alkyl halides is 3. The molecule has 28 heavy (non-hydrogen) atoms. The lowest BCUT2D eigenvalue weighted by molar-refractivity contribution is -0.163. The maximum absolute atomic E-state index is 13.2. The fourth-order valence-corrected chi connectivity index (χ4v) is 3.59. The van der Waals surface area contributed by atoms with Gasteiger partial charge in [0.2, 0.25) is 15.9 Å². The number of halogens is 5. The molecular weight excluding hydrogens is 424 g/mol. The minimum Gasteiger partial charge on any atom is -0.341 e. The Balaban J connectivity index is 1.99. The Bertz CT molecular complexity index is 934. The van der Waals surface area contributed by atoms with Gasteiger partial charge in [0.15, 0.2) is 6.04 Å². The number of carbonyl (C=O) groups excluding carboxylic acids is 1. The largest absolute Gasteiger partial charge is 0.412 e. The second-order valence-electron chi connectivity index (χ2n) is 5.70. The summed E-state index contributed by atoms with van der Waals surface area (Å²) >= 11 is 5.72. The molecule has 0 radical (unpaired) electrons.